The van der Waals surface area contributed by atoms with Crippen LogP contribution in [-0.4, -0.2) is 91.1 Å². The molecular weight excluding hydrogens is 586 g/mol. The molecule has 0 amide bonds. The van der Waals surface area contributed by atoms with Gasteiger partial charge in [0.05, 0.1) is 30.3 Å². The molecule has 3 heterocycles. The van der Waals surface area contributed by atoms with Crippen molar-refractivity contribution in [2.45, 2.75) is 157 Å². The van der Waals surface area contributed by atoms with Gasteiger partial charge in [0.2, 0.25) is 0 Å². The van der Waals surface area contributed by atoms with E-state index in [1.54, 1.807) is 0 Å². The SMILES string of the molecule is CCC[C@H]1OC(=O)[C@H](C)C(OC2CC(C)[CH]C(C)O2)[C@H](C)C(OC2OC(C)CC(N(C)C)C2O)[C@@H](C)C[C@@H](C)C(=O)/C(C)=C/C1C. The first kappa shape index (κ1) is 39.1. The van der Waals surface area contributed by atoms with Crippen molar-refractivity contribution >= 4 is 11.8 Å². The lowest BCUT2D eigenvalue weighted by molar-refractivity contribution is -0.290. The molecule has 0 saturated carbocycles. The van der Waals surface area contributed by atoms with E-state index in [1.807, 2.05) is 73.5 Å². The summed E-state index contributed by atoms with van der Waals surface area (Å²) in [7, 11) is 3.90. The van der Waals surface area contributed by atoms with E-state index < -0.39 is 36.8 Å². The molecule has 15 atom stereocenters. The average Bonchev–Trinajstić information content (AvgIpc) is 2.97. The molecule has 0 aromatic heterocycles. The van der Waals surface area contributed by atoms with Crippen molar-refractivity contribution in [1.82, 2.24) is 4.90 Å². The molecule has 3 aliphatic rings. The van der Waals surface area contributed by atoms with Crippen molar-refractivity contribution in [2.75, 3.05) is 14.1 Å². The number of carbonyl (C=O) groups excluding carboxylic acids is 2. The molecule has 0 spiro atoms. The molecule has 10 unspecified atom stereocenters. The van der Waals surface area contributed by atoms with Crippen molar-refractivity contribution < 1.29 is 38.4 Å². The van der Waals surface area contributed by atoms with Crippen LogP contribution in [0.4, 0.5) is 0 Å². The fourth-order valence-electron chi connectivity index (χ4n) is 7.79. The Kier molecular flexibility index (Phi) is 14.7. The van der Waals surface area contributed by atoms with E-state index in [0.717, 1.165) is 6.42 Å². The topological polar surface area (TPSA) is 104 Å². The highest BCUT2D eigenvalue weighted by atomic mass is 16.7. The Morgan fingerprint density at radius 1 is 0.935 bits per heavy atom. The van der Waals surface area contributed by atoms with Crippen molar-refractivity contribution in [3.8, 4) is 0 Å². The molecule has 1 radical (unpaired) electrons. The van der Waals surface area contributed by atoms with Gasteiger partial charge >= 0.3 is 5.97 Å². The average molecular weight is 651 g/mol. The normalized spacial score (nSPS) is 45.1. The minimum atomic E-state index is -0.879. The molecule has 2 saturated heterocycles. The monoisotopic (exact) mass is 650 g/mol. The number of hydrogen-bond acceptors (Lipinski definition) is 9. The lowest BCUT2D eigenvalue weighted by Gasteiger charge is -2.45. The molecule has 46 heavy (non-hydrogen) atoms. The molecule has 0 aromatic rings. The van der Waals surface area contributed by atoms with Crippen molar-refractivity contribution in [1.29, 1.82) is 0 Å². The number of Topliss-reactive ketones (excluding diaryl/α,β-unsaturated/α-hetero) is 1. The van der Waals surface area contributed by atoms with Crippen molar-refractivity contribution in [2.24, 2.45) is 35.5 Å². The summed E-state index contributed by atoms with van der Waals surface area (Å²) >= 11 is 0. The third-order valence-corrected chi connectivity index (χ3v) is 10.4. The number of cyclic esters (lactones) is 1. The number of likely N-dealkylation sites (N-methyl/N-ethyl adjacent to an activating group) is 1. The van der Waals surface area contributed by atoms with Gasteiger partial charge in [0.1, 0.15) is 12.2 Å². The molecule has 1 N–H and O–H groups in total. The van der Waals surface area contributed by atoms with E-state index in [9.17, 15) is 14.7 Å². The van der Waals surface area contributed by atoms with Gasteiger partial charge in [0.15, 0.2) is 18.4 Å². The maximum atomic E-state index is 14.0. The lowest BCUT2D eigenvalue weighted by Crippen LogP contribution is -2.56. The minimum Gasteiger partial charge on any atom is -0.461 e. The zero-order valence-electron chi connectivity index (χ0n) is 30.6. The molecule has 2 fully saturated rings. The number of nitrogens with zero attached hydrogens (tertiary/aromatic N) is 1. The summed E-state index contributed by atoms with van der Waals surface area (Å²) < 4.78 is 32.3. The number of esters is 1. The van der Waals surface area contributed by atoms with E-state index >= 15 is 0 Å². The van der Waals surface area contributed by atoms with E-state index in [-0.39, 0.29) is 59.8 Å². The van der Waals surface area contributed by atoms with E-state index in [4.69, 9.17) is 23.7 Å². The molecule has 0 aromatic carbocycles. The molecule has 265 valence electrons. The molecule has 9 nitrogen and oxygen atoms in total. The second-order valence-electron chi connectivity index (χ2n) is 15.0. The summed E-state index contributed by atoms with van der Waals surface area (Å²) in [6, 6.07) is -0.139. The third kappa shape index (κ3) is 10.1. The second-order valence-corrected chi connectivity index (χ2v) is 15.0. The fourth-order valence-corrected chi connectivity index (χ4v) is 7.79. The van der Waals surface area contributed by atoms with Crippen LogP contribution in [0.15, 0.2) is 11.6 Å². The molecule has 3 rings (SSSR count). The Labute approximate surface area is 279 Å². The highest BCUT2D eigenvalue weighted by molar-refractivity contribution is 5.96. The summed E-state index contributed by atoms with van der Waals surface area (Å²) in [5.41, 5.74) is 0.685. The van der Waals surface area contributed by atoms with Crippen LogP contribution in [0.5, 0.6) is 0 Å². The first-order valence-electron chi connectivity index (χ1n) is 17.8. The first-order chi connectivity index (χ1) is 21.5. The summed E-state index contributed by atoms with van der Waals surface area (Å²) in [6.07, 6.45) is 3.64. The number of aliphatic hydroxyl groups is 1. The number of ketones is 1. The van der Waals surface area contributed by atoms with E-state index in [1.165, 1.54) is 0 Å². The minimum absolute atomic E-state index is 0.0787. The summed E-state index contributed by atoms with van der Waals surface area (Å²) in [5.74, 6) is -1.43. The molecule has 9 heteroatoms. The Morgan fingerprint density at radius 3 is 2.22 bits per heavy atom. The third-order valence-electron chi connectivity index (χ3n) is 10.4. The van der Waals surface area contributed by atoms with Gasteiger partial charge in [-0.3, -0.25) is 9.59 Å². The summed E-state index contributed by atoms with van der Waals surface area (Å²) in [6.45, 7) is 20.0. The van der Waals surface area contributed by atoms with Gasteiger partial charge in [-0.05, 0) is 84.9 Å². The van der Waals surface area contributed by atoms with Gasteiger partial charge in [0, 0.05) is 30.2 Å². The maximum Gasteiger partial charge on any atom is 0.311 e. The van der Waals surface area contributed by atoms with Gasteiger partial charge in [0.25, 0.3) is 0 Å². The molecule has 3 aliphatic heterocycles. The van der Waals surface area contributed by atoms with Gasteiger partial charge in [-0.2, -0.15) is 0 Å². The number of allylic oxidation sites excluding steroid dienone is 1. The predicted octanol–water partition coefficient (Wildman–Crippen LogP) is 5.97. The smallest absolute Gasteiger partial charge is 0.311 e. The fraction of sp³-hybridized carbons (Fsp3) is 0.865. The van der Waals surface area contributed by atoms with Crippen LogP contribution >= 0.6 is 0 Å². The summed E-state index contributed by atoms with van der Waals surface area (Å²) in [4.78, 5) is 29.6. The van der Waals surface area contributed by atoms with Crippen molar-refractivity contribution in [3.63, 3.8) is 0 Å². The molecule has 0 bridgehead atoms. The second kappa shape index (κ2) is 17.3. The largest absolute Gasteiger partial charge is 0.461 e. The number of carbonyl (C=O) groups is 2. The van der Waals surface area contributed by atoms with Gasteiger partial charge < -0.3 is 33.7 Å². The van der Waals surface area contributed by atoms with E-state index in [0.29, 0.717) is 37.2 Å². The van der Waals surface area contributed by atoms with Crippen LogP contribution in [0, 0.1) is 41.9 Å². The lowest BCUT2D eigenvalue weighted by atomic mass is 9.79. The molecule has 0 aliphatic carbocycles. The number of aliphatic hydroxyl groups excluding tert-OH is 1. The summed E-state index contributed by atoms with van der Waals surface area (Å²) in [5, 5.41) is 11.4. The Balaban J connectivity index is 2.07. The quantitative estimate of drug-likeness (QED) is 0.334. The van der Waals surface area contributed by atoms with Crippen molar-refractivity contribution in [3.05, 3.63) is 18.1 Å². The zero-order valence-corrected chi connectivity index (χ0v) is 30.6. The number of ether oxygens (including phenoxy) is 5. The van der Waals surface area contributed by atoms with Crippen LogP contribution < -0.4 is 0 Å². The predicted molar refractivity (Wildman–Crippen MR) is 179 cm³/mol. The van der Waals surface area contributed by atoms with Crippen LogP contribution in [0.1, 0.15) is 101 Å². The van der Waals surface area contributed by atoms with E-state index in [2.05, 4.69) is 27.2 Å². The Hall–Kier alpha value is -1.36. The van der Waals surface area contributed by atoms with Crippen LogP contribution in [0.2, 0.25) is 0 Å². The van der Waals surface area contributed by atoms with Crippen LogP contribution in [0.25, 0.3) is 0 Å². The van der Waals surface area contributed by atoms with Gasteiger partial charge in [-0.15, -0.1) is 0 Å². The van der Waals surface area contributed by atoms with Crippen LogP contribution in [0.3, 0.4) is 0 Å². The highest BCUT2D eigenvalue weighted by Crippen LogP contribution is 2.37. The Bertz CT molecular complexity index is 1010. The van der Waals surface area contributed by atoms with Crippen LogP contribution in [-0.2, 0) is 33.3 Å². The highest BCUT2D eigenvalue weighted by Gasteiger charge is 2.45. The number of hydrogen-bond donors (Lipinski definition) is 1. The Morgan fingerprint density at radius 2 is 1.61 bits per heavy atom. The van der Waals surface area contributed by atoms with Gasteiger partial charge in [-0.25, -0.2) is 0 Å². The first-order valence-corrected chi connectivity index (χ1v) is 17.8. The zero-order chi connectivity index (χ0) is 34.5. The maximum absolute atomic E-state index is 14.0. The molecular formula is C37H64NO8. The van der Waals surface area contributed by atoms with Gasteiger partial charge in [-0.1, -0.05) is 54.0 Å². The standard InChI is InChI=1S/C37H64NO8/c1-13-14-30-21(3)17-22(4)32(39)23(5)18-24(6)34(46-37-33(40)29(38(11)12)19-26(8)43-37)27(9)35(28(10)36(41)44-30)45-31-16-20(2)15-25(7)42-31/h15,17,20-21,23-31,33-35,37,40H,13-14,16,18-19H2,1-12H3/b22-17+/t20?,21?,23-,24+,25?,26?,27-,28-,29?,30-,31?,33?,34?,35?,37?/m1/s1. The number of rotatable bonds is 7.